The number of Topliss-reactive ketones (excluding diaryl/α,β-unsaturated/α-hetero) is 1. The van der Waals surface area contributed by atoms with E-state index in [2.05, 4.69) is 15.8 Å². The first-order valence-corrected chi connectivity index (χ1v) is 9.34. The maximum Gasteiger partial charge on any atom is 0.257 e. The highest BCUT2D eigenvalue weighted by atomic mass is 32.2. The van der Waals surface area contributed by atoms with E-state index in [-0.39, 0.29) is 24.4 Å². The number of hydrogen-bond donors (Lipinski definition) is 2. The fourth-order valence-corrected chi connectivity index (χ4v) is 2.92. The molecule has 0 aliphatic rings. The lowest BCUT2D eigenvalue weighted by Gasteiger charge is -2.06. The number of thioether (sulfide) groups is 1. The molecule has 1 heterocycles. The van der Waals surface area contributed by atoms with Crippen molar-refractivity contribution in [2.75, 3.05) is 5.75 Å². The van der Waals surface area contributed by atoms with Crippen molar-refractivity contribution in [1.82, 2.24) is 15.8 Å². The van der Waals surface area contributed by atoms with E-state index < -0.39 is 17.6 Å². The number of carbonyl (C=O) groups excluding carboxylic acids is 3. The van der Waals surface area contributed by atoms with Gasteiger partial charge in [0.25, 0.3) is 5.22 Å². The average Bonchev–Trinajstić information content (AvgIpc) is 3.12. The molecule has 28 heavy (non-hydrogen) atoms. The monoisotopic (exact) mass is 401 g/mol. The Morgan fingerprint density at radius 3 is 2.43 bits per heavy atom. The van der Waals surface area contributed by atoms with Gasteiger partial charge in [0.1, 0.15) is 11.3 Å². The molecule has 3 aromatic rings. The number of hydrogen-bond acceptors (Lipinski definition) is 6. The Morgan fingerprint density at radius 2 is 1.68 bits per heavy atom. The number of nitrogens with one attached hydrogen (secondary N) is 2. The lowest BCUT2D eigenvalue weighted by molar-refractivity contribution is -0.127. The molecule has 0 fully saturated rings. The fourth-order valence-electron chi connectivity index (χ4n) is 2.29. The summed E-state index contributed by atoms with van der Waals surface area (Å²) in [5.41, 5.74) is 6.17. The molecule has 144 valence electrons. The topological polar surface area (TPSA) is 101 Å². The molecular formula is C19H16FN3O4S. The van der Waals surface area contributed by atoms with Gasteiger partial charge in [0.05, 0.1) is 5.75 Å². The molecule has 7 nitrogen and oxygen atoms in total. The first-order chi connectivity index (χ1) is 13.5. The second-order valence-electron chi connectivity index (χ2n) is 5.76. The predicted octanol–water partition coefficient (Wildman–Crippen LogP) is 2.87. The second kappa shape index (κ2) is 9.14. The van der Waals surface area contributed by atoms with Crippen molar-refractivity contribution in [2.45, 2.75) is 18.1 Å². The van der Waals surface area contributed by atoms with Gasteiger partial charge in [0, 0.05) is 18.4 Å². The Kier molecular flexibility index (Phi) is 6.38. The minimum Gasteiger partial charge on any atom is -0.431 e. The van der Waals surface area contributed by atoms with Crippen LogP contribution in [0.25, 0.3) is 11.1 Å². The van der Waals surface area contributed by atoms with Gasteiger partial charge < -0.3 is 4.42 Å². The van der Waals surface area contributed by atoms with Gasteiger partial charge in [-0.25, -0.2) is 9.37 Å². The first-order valence-electron chi connectivity index (χ1n) is 8.36. The highest BCUT2D eigenvalue weighted by molar-refractivity contribution is 7.99. The van der Waals surface area contributed by atoms with Gasteiger partial charge in [-0.15, -0.1) is 0 Å². The van der Waals surface area contributed by atoms with Crippen molar-refractivity contribution in [3.05, 3.63) is 59.9 Å². The second-order valence-corrected chi connectivity index (χ2v) is 6.69. The Bertz CT molecular complexity index is 971. The number of benzene rings is 2. The number of para-hydroxylation sites is 2. The van der Waals surface area contributed by atoms with E-state index >= 15 is 0 Å². The van der Waals surface area contributed by atoms with E-state index in [4.69, 9.17) is 4.42 Å². The maximum atomic E-state index is 12.8. The Balaban J connectivity index is 1.37. The van der Waals surface area contributed by atoms with Gasteiger partial charge in [-0.3, -0.25) is 25.2 Å². The van der Waals surface area contributed by atoms with Crippen molar-refractivity contribution < 1.29 is 23.2 Å². The lowest BCUT2D eigenvalue weighted by Crippen LogP contribution is -2.42. The summed E-state index contributed by atoms with van der Waals surface area (Å²) in [6.07, 6.45) is -0.153. The molecule has 0 unspecified atom stereocenters. The Morgan fingerprint density at radius 1 is 0.964 bits per heavy atom. The molecule has 0 aliphatic carbocycles. The quantitative estimate of drug-likeness (QED) is 0.359. The van der Waals surface area contributed by atoms with E-state index in [1.807, 2.05) is 12.1 Å². The number of rotatable bonds is 7. The summed E-state index contributed by atoms with van der Waals surface area (Å²) in [4.78, 5) is 39.7. The van der Waals surface area contributed by atoms with E-state index in [1.54, 1.807) is 12.1 Å². The third-order valence-corrected chi connectivity index (χ3v) is 4.52. The van der Waals surface area contributed by atoms with Gasteiger partial charge in [0.2, 0.25) is 11.8 Å². The van der Waals surface area contributed by atoms with Crippen LogP contribution in [0.5, 0.6) is 0 Å². The van der Waals surface area contributed by atoms with E-state index in [9.17, 15) is 18.8 Å². The number of halogens is 1. The van der Waals surface area contributed by atoms with E-state index in [1.165, 1.54) is 24.3 Å². The minimum atomic E-state index is -0.504. The SMILES string of the molecule is O=C(CCC(=O)c1ccc(F)cc1)NNC(=O)CSc1nc2ccccc2o1. The summed E-state index contributed by atoms with van der Waals surface area (Å²) >= 11 is 1.10. The number of amides is 2. The molecule has 0 radical (unpaired) electrons. The van der Waals surface area contributed by atoms with Gasteiger partial charge >= 0.3 is 0 Å². The molecule has 2 aromatic carbocycles. The highest BCUT2D eigenvalue weighted by Crippen LogP contribution is 2.22. The van der Waals surface area contributed by atoms with Crippen LogP contribution in [0.15, 0.2) is 58.2 Å². The van der Waals surface area contributed by atoms with Crippen molar-refractivity contribution >= 4 is 40.5 Å². The normalized spacial score (nSPS) is 10.6. The van der Waals surface area contributed by atoms with Crippen LogP contribution in [-0.4, -0.2) is 28.3 Å². The van der Waals surface area contributed by atoms with Crippen LogP contribution in [0.3, 0.4) is 0 Å². The number of aromatic nitrogens is 1. The van der Waals surface area contributed by atoms with Gasteiger partial charge in [-0.05, 0) is 36.4 Å². The van der Waals surface area contributed by atoms with Crippen molar-refractivity contribution in [3.63, 3.8) is 0 Å². The molecule has 2 amide bonds. The summed E-state index contributed by atoms with van der Waals surface area (Å²) in [5.74, 6) is -1.66. The molecule has 0 saturated carbocycles. The number of hydrazine groups is 1. The molecule has 9 heteroatoms. The van der Waals surface area contributed by atoms with Crippen LogP contribution >= 0.6 is 11.8 Å². The van der Waals surface area contributed by atoms with Crippen LogP contribution in [0.4, 0.5) is 4.39 Å². The summed E-state index contributed by atoms with van der Waals surface area (Å²) in [6, 6.07) is 12.3. The van der Waals surface area contributed by atoms with Crippen LogP contribution in [-0.2, 0) is 9.59 Å². The molecule has 0 aliphatic heterocycles. The largest absolute Gasteiger partial charge is 0.431 e. The Labute approximate surface area is 163 Å². The summed E-state index contributed by atoms with van der Waals surface area (Å²) in [5, 5.41) is 0.354. The van der Waals surface area contributed by atoms with E-state index in [0.717, 1.165) is 11.8 Å². The third-order valence-electron chi connectivity index (χ3n) is 3.69. The molecule has 3 rings (SSSR count). The molecule has 2 N–H and O–H groups in total. The van der Waals surface area contributed by atoms with Gasteiger partial charge in [0.15, 0.2) is 11.4 Å². The number of carbonyl (C=O) groups is 3. The molecule has 0 saturated heterocycles. The van der Waals surface area contributed by atoms with Crippen LogP contribution in [0.1, 0.15) is 23.2 Å². The predicted molar refractivity (Wildman–Crippen MR) is 101 cm³/mol. The van der Waals surface area contributed by atoms with Crippen molar-refractivity contribution in [1.29, 1.82) is 0 Å². The van der Waals surface area contributed by atoms with E-state index in [0.29, 0.717) is 21.9 Å². The number of ketones is 1. The number of fused-ring (bicyclic) bond motifs is 1. The number of oxazole rings is 1. The maximum absolute atomic E-state index is 12.8. The lowest BCUT2D eigenvalue weighted by atomic mass is 10.1. The van der Waals surface area contributed by atoms with Crippen LogP contribution in [0.2, 0.25) is 0 Å². The minimum absolute atomic E-state index is 0.00160. The molecular weight excluding hydrogens is 385 g/mol. The molecule has 0 spiro atoms. The zero-order valence-corrected chi connectivity index (χ0v) is 15.4. The van der Waals surface area contributed by atoms with Crippen molar-refractivity contribution in [2.24, 2.45) is 0 Å². The molecule has 0 bridgehead atoms. The average molecular weight is 401 g/mol. The third kappa shape index (κ3) is 5.40. The zero-order valence-electron chi connectivity index (χ0n) is 14.6. The smallest absolute Gasteiger partial charge is 0.257 e. The van der Waals surface area contributed by atoms with Crippen LogP contribution in [0, 0.1) is 5.82 Å². The number of nitrogens with zero attached hydrogens (tertiary/aromatic N) is 1. The summed E-state index contributed by atoms with van der Waals surface area (Å²) in [6.45, 7) is 0. The fraction of sp³-hybridized carbons (Fsp3) is 0.158. The Hall–Kier alpha value is -3.20. The molecule has 1 aromatic heterocycles. The summed E-state index contributed by atoms with van der Waals surface area (Å²) < 4.78 is 18.3. The highest BCUT2D eigenvalue weighted by Gasteiger charge is 2.12. The van der Waals surface area contributed by atoms with Gasteiger partial charge in [-0.2, -0.15) is 0 Å². The summed E-state index contributed by atoms with van der Waals surface area (Å²) in [7, 11) is 0. The molecule has 0 atom stereocenters. The van der Waals surface area contributed by atoms with Crippen LogP contribution < -0.4 is 10.9 Å². The van der Waals surface area contributed by atoms with Crippen molar-refractivity contribution in [3.8, 4) is 0 Å². The first kappa shape index (κ1) is 19.6. The zero-order chi connectivity index (χ0) is 19.9. The van der Waals surface area contributed by atoms with Gasteiger partial charge in [-0.1, -0.05) is 23.9 Å². The standard InChI is InChI=1S/C19H16FN3O4S/c20-13-7-5-12(6-8-13)15(24)9-10-17(25)22-23-18(26)11-28-19-21-14-3-1-2-4-16(14)27-19/h1-8H,9-11H2,(H,22,25)(H,23,26).